The monoisotopic (exact) mass is 387 g/mol. The van der Waals surface area contributed by atoms with Crippen LogP contribution in [-0.4, -0.2) is 12.4 Å². The molecule has 0 unspecified atom stereocenters. The first-order valence-electron chi connectivity index (χ1n) is 7.40. The molecule has 122 valence electrons. The highest BCUT2D eigenvalue weighted by molar-refractivity contribution is 9.10. The highest BCUT2D eigenvalue weighted by Gasteiger charge is 2.17. The number of halogens is 2. The van der Waals surface area contributed by atoms with Gasteiger partial charge in [-0.15, -0.1) is 0 Å². The Balaban J connectivity index is 2.44. The molecule has 2 rings (SSSR count). The van der Waals surface area contributed by atoms with Crippen LogP contribution in [0.15, 0.2) is 52.5 Å². The number of carbonyl (C=O) groups excluding carboxylic acids is 1. The van der Waals surface area contributed by atoms with Crippen LogP contribution in [0.1, 0.15) is 29.3 Å². The minimum absolute atomic E-state index is 0.128. The lowest BCUT2D eigenvalue weighted by atomic mass is 10.0. The minimum atomic E-state index is -0.656. The van der Waals surface area contributed by atoms with Gasteiger partial charge in [-0.3, -0.25) is 4.79 Å². The largest absolute Gasteiger partial charge is 0.493 e. The predicted molar refractivity (Wildman–Crippen MR) is 94.2 cm³/mol. The number of Topliss-reactive ketones (excluding diaryl/α,β-unsaturated/α-hetero) is 1. The highest BCUT2D eigenvalue weighted by atomic mass is 79.9. The lowest BCUT2D eigenvalue weighted by molar-refractivity contribution is 0.103. The van der Waals surface area contributed by atoms with E-state index in [1.165, 1.54) is 24.3 Å². The summed E-state index contributed by atoms with van der Waals surface area (Å²) >= 11 is 3.36. The fourth-order valence-corrected chi connectivity index (χ4v) is 2.45. The molecular weight excluding hydrogens is 373 g/mol. The Morgan fingerprint density at radius 3 is 2.75 bits per heavy atom. The summed E-state index contributed by atoms with van der Waals surface area (Å²) in [5, 5.41) is 9.33. The van der Waals surface area contributed by atoms with Gasteiger partial charge < -0.3 is 4.74 Å². The van der Waals surface area contributed by atoms with E-state index in [0.717, 1.165) is 10.9 Å². The second-order valence-corrected chi connectivity index (χ2v) is 5.93. The molecule has 0 saturated carbocycles. The Hall–Kier alpha value is -2.45. The van der Waals surface area contributed by atoms with Crippen LogP contribution in [0.5, 0.6) is 5.75 Å². The third kappa shape index (κ3) is 4.30. The molecule has 2 aromatic rings. The Morgan fingerprint density at radius 1 is 1.33 bits per heavy atom. The number of rotatable bonds is 6. The van der Waals surface area contributed by atoms with E-state index in [1.54, 1.807) is 18.2 Å². The second-order valence-electron chi connectivity index (χ2n) is 5.01. The molecule has 0 spiro atoms. The standard InChI is InChI=1S/C19H15BrFNO2/c1-2-9-24-18-8-7-15(20)11-13(18)10-14(12-22)19(23)16-5-3-4-6-17(16)21/h3-8,10-11H,2,9H2,1H3/b14-10+. The first-order valence-corrected chi connectivity index (χ1v) is 8.19. The minimum Gasteiger partial charge on any atom is -0.493 e. The molecule has 0 radical (unpaired) electrons. The number of nitriles is 1. The van der Waals surface area contributed by atoms with Gasteiger partial charge in [0.2, 0.25) is 5.78 Å². The van der Waals surface area contributed by atoms with Crippen LogP contribution in [0.3, 0.4) is 0 Å². The van der Waals surface area contributed by atoms with E-state index in [9.17, 15) is 14.4 Å². The first kappa shape index (κ1) is 17.9. The predicted octanol–water partition coefficient (Wildman–Crippen LogP) is 5.17. The number of nitrogens with zero attached hydrogens (tertiary/aromatic N) is 1. The zero-order valence-electron chi connectivity index (χ0n) is 13.1. The SMILES string of the molecule is CCCOc1ccc(Br)cc1/C=C(\C#N)C(=O)c1ccccc1F. The average molecular weight is 388 g/mol. The summed E-state index contributed by atoms with van der Waals surface area (Å²) in [6, 6.07) is 12.8. The van der Waals surface area contributed by atoms with Crippen molar-refractivity contribution in [3.05, 3.63) is 69.5 Å². The number of carbonyl (C=O) groups is 1. The zero-order valence-corrected chi connectivity index (χ0v) is 14.6. The van der Waals surface area contributed by atoms with E-state index in [4.69, 9.17) is 4.74 Å². The van der Waals surface area contributed by atoms with E-state index in [0.29, 0.717) is 17.9 Å². The van der Waals surface area contributed by atoms with Crippen molar-refractivity contribution in [3.63, 3.8) is 0 Å². The van der Waals surface area contributed by atoms with Crippen LogP contribution in [-0.2, 0) is 0 Å². The van der Waals surface area contributed by atoms with Gasteiger partial charge in [0, 0.05) is 10.0 Å². The van der Waals surface area contributed by atoms with E-state index in [1.807, 2.05) is 19.1 Å². The van der Waals surface area contributed by atoms with Gasteiger partial charge in [-0.1, -0.05) is 35.0 Å². The van der Waals surface area contributed by atoms with Crippen LogP contribution < -0.4 is 4.74 Å². The second kappa shape index (κ2) is 8.42. The van der Waals surface area contributed by atoms with E-state index < -0.39 is 11.6 Å². The van der Waals surface area contributed by atoms with Crippen molar-refractivity contribution >= 4 is 27.8 Å². The molecule has 0 aliphatic rings. The summed E-state index contributed by atoms with van der Waals surface area (Å²) in [6.45, 7) is 2.50. The molecule has 0 N–H and O–H groups in total. The van der Waals surface area contributed by atoms with Gasteiger partial charge >= 0.3 is 0 Å². The summed E-state index contributed by atoms with van der Waals surface area (Å²) < 4.78 is 20.2. The van der Waals surface area contributed by atoms with Crippen LogP contribution in [0, 0.1) is 17.1 Å². The molecule has 0 bridgehead atoms. The first-order chi connectivity index (χ1) is 11.6. The Morgan fingerprint density at radius 2 is 2.08 bits per heavy atom. The maximum absolute atomic E-state index is 13.8. The topological polar surface area (TPSA) is 50.1 Å². The molecule has 24 heavy (non-hydrogen) atoms. The Labute approximate surface area is 148 Å². The van der Waals surface area contributed by atoms with Crippen LogP contribution in [0.4, 0.5) is 4.39 Å². The van der Waals surface area contributed by atoms with Gasteiger partial charge in [0.15, 0.2) is 0 Å². The number of benzene rings is 2. The Kier molecular flexibility index (Phi) is 6.28. The van der Waals surface area contributed by atoms with Crippen molar-refractivity contribution in [2.75, 3.05) is 6.61 Å². The molecule has 0 aliphatic heterocycles. The fourth-order valence-electron chi connectivity index (χ4n) is 2.07. The van der Waals surface area contributed by atoms with E-state index >= 15 is 0 Å². The summed E-state index contributed by atoms with van der Waals surface area (Å²) in [5.41, 5.74) is 0.301. The van der Waals surface area contributed by atoms with Gasteiger partial charge in [-0.05, 0) is 42.8 Å². The number of ketones is 1. The smallest absolute Gasteiger partial charge is 0.206 e. The number of hydrogen-bond donors (Lipinski definition) is 0. The van der Waals surface area contributed by atoms with Gasteiger partial charge in [-0.2, -0.15) is 5.26 Å². The van der Waals surface area contributed by atoms with Gasteiger partial charge in [-0.25, -0.2) is 4.39 Å². The molecule has 0 aliphatic carbocycles. The van der Waals surface area contributed by atoms with Gasteiger partial charge in [0.05, 0.1) is 12.2 Å². The summed E-state index contributed by atoms with van der Waals surface area (Å²) in [4.78, 5) is 12.4. The average Bonchev–Trinajstić information content (AvgIpc) is 2.58. The molecule has 0 saturated heterocycles. The van der Waals surface area contributed by atoms with Gasteiger partial charge in [0.1, 0.15) is 23.2 Å². The molecule has 0 amide bonds. The van der Waals surface area contributed by atoms with Crippen LogP contribution >= 0.6 is 15.9 Å². The van der Waals surface area contributed by atoms with Crippen molar-refractivity contribution in [2.24, 2.45) is 0 Å². The zero-order chi connectivity index (χ0) is 17.5. The third-order valence-corrected chi connectivity index (χ3v) is 3.71. The van der Waals surface area contributed by atoms with Crippen molar-refractivity contribution < 1.29 is 13.9 Å². The quantitative estimate of drug-likeness (QED) is 0.390. The molecular formula is C19H15BrFNO2. The molecule has 0 aromatic heterocycles. The molecule has 0 heterocycles. The lowest BCUT2D eigenvalue weighted by Gasteiger charge is -2.09. The molecule has 0 atom stereocenters. The molecule has 3 nitrogen and oxygen atoms in total. The van der Waals surface area contributed by atoms with E-state index in [-0.39, 0.29) is 11.1 Å². The van der Waals surface area contributed by atoms with Crippen molar-refractivity contribution in [2.45, 2.75) is 13.3 Å². The summed E-state index contributed by atoms with van der Waals surface area (Å²) in [7, 11) is 0. The third-order valence-electron chi connectivity index (χ3n) is 3.22. The van der Waals surface area contributed by atoms with Crippen LogP contribution in [0.25, 0.3) is 6.08 Å². The number of allylic oxidation sites excluding steroid dienone is 1. The van der Waals surface area contributed by atoms with Crippen LogP contribution in [0.2, 0.25) is 0 Å². The summed E-state index contributed by atoms with van der Waals surface area (Å²) in [6.07, 6.45) is 2.25. The highest BCUT2D eigenvalue weighted by Crippen LogP contribution is 2.26. The fraction of sp³-hybridized carbons (Fsp3) is 0.158. The number of hydrogen-bond acceptors (Lipinski definition) is 3. The lowest BCUT2D eigenvalue weighted by Crippen LogP contribution is -2.05. The maximum Gasteiger partial charge on any atom is 0.206 e. The molecule has 5 heteroatoms. The molecule has 2 aromatic carbocycles. The number of ether oxygens (including phenoxy) is 1. The maximum atomic E-state index is 13.8. The molecule has 0 fully saturated rings. The van der Waals surface area contributed by atoms with Crippen molar-refractivity contribution in [3.8, 4) is 11.8 Å². The van der Waals surface area contributed by atoms with E-state index in [2.05, 4.69) is 15.9 Å². The van der Waals surface area contributed by atoms with Gasteiger partial charge in [0.25, 0.3) is 0 Å². The van der Waals surface area contributed by atoms with Crippen molar-refractivity contribution in [1.29, 1.82) is 5.26 Å². The van der Waals surface area contributed by atoms with Crippen molar-refractivity contribution in [1.82, 2.24) is 0 Å². The summed E-state index contributed by atoms with van der Waals surface area (Å²) in [5.74, 6) is -0.744. The Bertz CT molecular complexity index is 824. The normalized spacial score (nSPS) is 11.0.